The highest BCUT2D eigenvalue weighted by Crippen LogP contribution is 2.37. The molecule has 5 nitrogen and oxygen atoms in total. The van der Waals surface area contributed by atoms with Gasteiger partial charge >= 0.3 is 5.97 Å². The second-order valence-electron chi connectivity index (χ2n) is 5.56. The first-order valence-electron chi connectivity index (χ1n) is 7.50. The lowest BCUT2D eigenvalue weighted by molar-refractivity contribution is -0.149. The van der Waals surface area contributed by atoms with Crippen molar-refractivity contribution in [3.05, 3.63) is 35.2 Å². The molecule has 0 saturated carbocycles. The van der Waals surface area contributed by atoms with Crippen LogP contribution in [0.5, 0.6) is 0 Å². The van der Waals surface area contributed by atoms with Crippen LogP contribution >= 0.6 is 0 Å². The lowest BCUT2D eigenvalue weighted by atomic mass is 9.96. The second kappa shape index (κ2) is 5.76. The first kappa shape index (κ1) is 15.1. The topological polar surface area (TPSA) is 63.7 Å². The fourth-order valence-electron chi connectivity index (χ4n) is 3.06. The first-order valence-corrected chi connectivity index (χ1v) is 9.05. The van der Waals surface area contributed by atoms with Crippen molar-refractivity contribution in [1.82, 2.24) is 4.90 Å². The van der Waals surface area contributed by atoms with Gasteiger partial charge in [-0.15, -0.1) is 0 Å². The molecule has 118 valence electrons. The molecule has 0 spiro atoms. The van der Waals surface area contributed by atoms with Crippen molar-refractivity contribution in [2.75, 3.05) is 19.7 Å². The van der Waals surface area contributed by atoms with Crippen molar-refractivity contribution in [3.8, 4) is 0 Å². The van der Waals surface area contributed by atoms with Crippen molar-refractivity contribution in [3.63, 3.8) is 0 Å². The summed E-state index contributed by atoms with van der Waals surface area (Å²) >= 11 is 0. The Bertz CT molecular complexity index is 715. The lowest BCUT2D eigenvalue weighted by Crippen LogP contribution is -2.35. The average molecular weight is 321 g/mol. The molecule has 0 N–H and O–H groups in total. The van der Waals surface area contributed by atoms with Crippen molar-refractivity contribution in [2.24, 2.45) is 5.92 Å². The zero-order chi connectivity index (χ0) is 15.7. The molecule has 0 atom stereocenters. The Hall–Kier alpha value is -1.82. The molecule has 2 aliphatic rings. The lowest BCUT2D eigenvalue weighted by Gasteiger charge is -2.33. The van der Waals surface area contributed by atoms with Crippen molar-refractivity contribution in [2.45, 2.75) is 24.7 Å². The molecule has 0 bridgehead atoms. The number of esters is 1. The van der Waals surface area contributed by atoms with Crippen LogP contribution in [0.25, 0.3) is 5.70 Å². The monoisotopic (exact) mass is 321 g/mol. The van der Waals surface area contributed by atoms with Gasteiger partial charge in [0, 0.05) is 18.7 Å². The number of rotatable bonds is 3. The zero-order valence-corrected chi connectivity index (χ0v) is 13.3. The number of benzene rings is 1. The van der Waals surface area contributed by atoms with Gasteiger partial charge in [0.2, 0.25) is 9.84 Å². The molecule has 0 radical (unpaired) electrons. The minimum atomic E-state index is -3.34. The van der Waals surface area contributed by atoms with E-state index < -0.39 is 9.84 Å². The van der Waals surface area contributed by atoms with Crippen molar-refractivity contribution < 1.29 is 17.9 Å². The van der Waals surface area contributed by atoms with E-state index in [1.807, 2.05) is 12.1 Å². The number of hydrogen-bond donors (Lipinski definition) is 0. The molecule has 2 aliphatic heterocycles. The minimum absolute atomic E-state index is 0.0787. The minimum Gasteiger partial charge on any atom is -0.466 e. The molecule has 0 amide bonds. The van der Waals surface area contributed by atoms with Crippen LogP contribution in [0.3, 0.4) is 0 Å². The third-order valence-electron chi connectivity index (χ3n) is 4.19. The summed E-state index contributed by atoms with van der Waals surface area (Å²) in [6.07, 6.45) is 1.39. The number of nitrogens with zero attached hydrogens (tertiary/aromatic N) is 1. The highest BCUT2D eigenvalue weighted by molar-refractivity contribution is 7.94. The van der Waals surface area contributed by atoms with Gasteiger partial charge in [0.15, 0.2) is 0 Å². The predicted octanol–water partition coefficient (Wildman–Crippen LogP) is 2.05. The van der Waals surface area contributed by atoms with Gasteiger partial charge < -0.3 is 9.64 Å². The van der Waals surface area contributed by atoms with Crippen molar-refractivity contribution >= 4 is 21.5 Å². The molecular formula is C16H19NO4S. The number of carbonyl (C=O) groups is 1. The van der Waals surface area contributed by atoms with Gasteiger partial charge in [0.25, 0.3) is 0 Å². The van der Waals surface area contributed by atoms with E-state index >= 15 is 0 Å². The third-order valence-corrected chi connectivity index (χ3v) is 5.69. The van der Waals surface area contributed by atoms with Gasteiger partial charge in [0.1, 0.15) is 0 Å². The number of likely N-dealkylation sites (tertiary alicyclic amines) is 1. The maximum atomic E-state index is 12.2. The highest BCUT2D eigenvalue weighted by atomic mass is 32.2. The number of carbonyl (C=O) groups excluding carboxylic acids is 1. The van der Waals surface area contributed by atoms with E-state index in [0.717, 1.165) is 11.3 Å². The first-order chi connectivity index (χ1) is 10.5. The Kier molecular flexibility index (Phi) is 3.95. The van der Waals surface area contributed by atoms with Crippen LogP contribution in [-0.2, 0) is 19.4 Å². The molecule has 0 aromatic heterocycles. The van der Waals surface area contributed by atoms with E-state index in [2.05, 4.69) is 4.90 Å². The molecular weight excluding hydrogens is 302 g/mol. The van der Waals surface area contributed by atoms with E-state index in [9.17, 15) is 13.2 Å². The number of fused-ring (bicyclic) bond motifs is 1. The largest absolute Gasteiger partial charge is 0.466 e. The summed E-state index contributed by atoms with van der Waals surface area (Å²) in [6.45, 7) is 3.53. The molecule has 0 aliphatic carbocycles. The summed E-state index contributed by atoms with van der Waals surface area (Å²) in [4.78, 5) is 14.2. The number of ether oxygens (including phenoxy) is 1. The fraction of sp³-hybridized carbons (Fsp3) is 0.438. The van der Waals surface area contributed by atoms with Crippen LogP contribution in [0.4, 0.5) is 0 Å². The fourth-order valence-corrected chi connectivity index (χ4v) is 4.51. The Balaban J connectivity index is 1.77. The molecule has 1 fully saturated rings. The Morgan fingerprint density at radius 3 is 2.64 bits per heavy atom. The normalized spacial score (nSPS) is 20.4. The van der Waals surface area contributed by atoms with Gasteiger partial charge in [-0.05, 0) is 25.8 Å². The van der Waals surface area contributed by atoms with Crippen LogP contribution in [0.2, 0.25) is 0 Å². The molecule has 0 unspecified atom stereocenters. The standard InChI is InChI=1S/C16H19NO4S/c1-2-21-16(18)12-7-9-17(10-8-12)14-11-22(19,20)15-6-4-3-5-13(14)15/h3-6,11-12H,2,7-10H2,1H3. The van der Waals surface area contributed by atoms with Gasteiger partial charge in [-0.25, -0.2) is 8.42 Å². The summed E-state index contributed by atoms with van der Waals surface area (Å²) in [5, 5.41) is 1.35. The van der Waals surface area contributed by atoms with E-state index in [-0.39, 0.29) is 11.9 Å². The van der Waals surface area contributed by atoms with Gasteiger partial charge in [0.05, 0.1) is 28.5 Å². The van der Waals surface area contributed by atoms with Crippen LogP contribution in [0.15, 0.2) is 34.6 Å². The van der Waals surface area contributed by atoms with Gasteiger partial charge in [-0.1, -0.05) is 18.2 Å². The summed E-state index contributed by atoms with van der Waals surface area (Å²) in [5.74, 6) is -0.222. The average Bonchev–Trinajstić information content (AvgIpc) is 2.80. The van der Waals surface area contributed by atoms with Crippen molar-refractivity contribution in [1.29, 1.82) is 0 Å². The molecule has 22 heavy (non-hydrogen) atoms. The summed E-state index contributed by atoms with van der Waals surface area (Å²) in [6, 6.07) is 7.06. The SMILES string of the molecule is CCOC(=O)C1CCN(C2=CS(=O)(=O)c3ccccc32)CC1. The highest BCUT2D eigenvalue weighted by Gasteiger charge is 2.33. The van der Waals surface area contributed by atoms with E-state index in [1.54, 1.807) is 19.1 Å². The van der Waals surface area contributed by atoms with Gasteiger partial charge in [-0.2, -0.15) is 0 Å². The maximum absolute atomic E-state index is 12.2. The third kappa shape index (κ3) is 2.63. The molecule has 6 heteroatoms. The number of hydrogen-bond acceptors (Lipinski definition) is 5. The quantitative estimate of drug-likeness (QED) is 0.797. The van der Waals surface area contributed by atoms with E-state index in [1.165, 1.54) is 5.41 Å². The molecule has 1 saturated heterocycles. The van der Waals surface area contributed by atoms with Crippen LogP contribution in [0.1, 0.15) is 25.3 Å². The van der Waals surface area contributed by atoms with Crippen LogP contribution in [0, 0.1) is 5.92 Å². The zero-order valence-electron chi connectivity index (χ0n) is 12.5. The summed E-state index contributed by atoms with van der Waals surface area (Å²) < 4.78 is 29.4. The second-order valence-corrected chi connectivity index (χ2v) is 7.32. The smallest absolute Gasteiger partial charge is 0.309 e. The Morgan fingerprint density at radius 1 is 1.27 bits per heavy atom. The van der Waals surface area contributed by atoms with E-state index in [4.69, 9.17) is 4.74 Å². The molecule has 1 aromatic rings. The maximum Gasteiger partial charge on any atom is 0.309 e. The summed E-state index contributed by atoms with van der Waals surface area (Å²) in [5.41, 5.74) is 1.51. The molecule has 1 aromatic carbocycles. The predicted molar refractivity (Wildman–Crippen MR) is 82.5 cm³/mol. The number of piperidine rings is 1. The molecule has 3 rings (SSSR count). The Morgan fingerprint density at radius 2 is 1.95 bits per heavy atom. The summed E-state index contributed by atoms with van der Waals surface area (Å²) in [7, 11) is -3.34. The van der Waals surface area contributed by atoms with Gasteiger partial charge in [-0.3, -0.25) is 4.79 Å². The molecule has 2 heterocycles. The van der Waals surface area contributed by atoms with Crippen LogP contribution < -0.4 is 0 Å². The Labute approximate surface area is 130 Å². The van der Waals surface area contributed by atoms with Crippen LogP contribution in [-0.4, -0.2) is 39.0 Å². The number of sulfone groups is 1. The van der Waals surface area contributed by atoms with E-state index in [0.29, 0.717) is 37.4 Å².